The van der Waals surface area contributed by atoms with E-state index in [4.69, 9.17) is 11.2 Å². The van der Waals surface area contributed by atoms with Gasteiger partial charge in [0.2, 0.25) is 5.91 Å². The van der Waals surface area contributed by atoms with Gasteiger partial charge in [-0.05, 0) is 27.7 Å². The van der Waals surface area contributed by atoms with Gasteiger partial charge in [0, 0.05) is 5.92 Å². The number of aliphatic carboxylic acids is 1. The zero-order valence-electron chi connectivity index (χ0n) is 18.9. The van der Waals surface area contributed by atoms with Gasteiger partial charge in [0.05, 0.1) is 12.5 Å². The van der Waals surface area contributed by atoms with Crippen molar-refractivity contribution >= 4 is 18.0 Å². The highest BCUT2D eigenvalue weighted by Crippen LogP contribution is 2.44. The van der Waals surface area contributed by atoms with Crippen LogP contribution < -0.4 is 10.6 Å². The second-order valence-corrected chi connectivity index (χ2v) is 9.09. The first kappa shape index (κ1) is 23.9. The van der Waals surface area contributed by atoms with Crippen LogP contribution in [0.4, 0.5) is 4.79 Å². The number of hydrogen-bond donors (Lipinski definition) is 3. The Labute approximate surface area is 193 Å². The molecule has 3 rings (SSSR count). The van der Waals surface area contributed by atoms with E-state index >= 15 is 0 Å². The Balaban J connectivity index is 1.68. The predicted molar refractivity (Wildman–Crippen MR) is 124 cm³/mol. The molecule has 2 unspecified atom stereocenters. The molecule has 2 aromatic rings. The number of carboxylic acid groups (broad SMARTS) is 1. The van der Waals surface area contributed by atoms with E-state index in [-0.39, 0.29) is 12.5 Å². The van der Waals surface area contributed by atoms with Gasteiger partial charge < -0.3 is 20.5 Å². The van der Waals surface area contributed by atoms with Crippen LogP contribution in [0.25, 0.3) is 11.1 Å². The van der Waals surface area contributed by atoms with Crippen LogP contribution in [0.15, 0.2) is 48.5 Å². The van der Waals surface area contributed by atoms with Gasteiger partial charge in [0.1, 0.15) is 12.6 Å². The highest BCUT2D eigenvalue weighted by atomic mass is 16.5. The van der Waals surface area contributed by atoms with Gasteiger partial charge in [0.25, 0.3) is 0 Å². The van der Waals surface area contributed by atoms with E-state index in [0.717, 1.165) is 22.3 Å². The Hall–Kier alpha value is -3.79. The Kier molecular flexibility index (Phi) is 7.07. The minimum absolute atomic E-state index is 0.0518. The fourth-order valence-corrected chi connectivity index (χ4v) is 3.92. The van der Waals surface area contributed by atoms with Gasteiger partial charge in [-0.3, -0.25) is 9.59 Å². The quantitative estimate of drug-likeness (QED) is 0.562. The van der Waals surface area contributed by atoms with E-state index in [9.17, 15) is 19.5 Å². The van der Waals surface area contributed by atoms with Crippen LogP contribution in [0, 0.1) is 17.8 Å². The Morgan fingerprint density at radius 2 is 1.58 bits per heavy atom. The fraction of sp³-hybridized carbons (Fsp3) is 0.346. The lowest BCUT2D eigenvalue weighted by Crippen LogP contribution is -2.53. The van der Waals surface area contributed by atoms with Gasteiger partial charge >= 0.3 is 12.1 Å². The summed E-state index contributed by atoms with van der Waals surface area (Å²) < 4.78 is 5.44. The maximum absolute atomic E-state index is 12.7. The molecule has 0 bridgehead atoms. The summed E-state index contributed by atoms with van der Waals surface area (Å²) in [4.78, 5) is 36.5. The number of fused-ring (bicyclic) bond motifs is 3. The molecule has 1 aliphatic rings. The van der Waals surface area contributed by atoms with Crippen molar-refractivity contribution in [1.82, 2.24) is 10.6 Å². The van der Waals surface area contributed by atoms with Crippen LogP contribution in [0.1, 0.15) is 44.2 Å². The third kappa shape index (κ3) is 5.53. The molecule has 0 heterocycles. The summed E-state index contributed by atoms with van der Waals surface area (Å²) in [6.45, 7) is 5.60. The first-order chi connectivity index (χ1) is 15.6. The highest BCUT2D eigenvalue weighted by molar-refractivity contribution is 5.89. The lowest BCUT2D eigenvalue weighted by molar-refractivity contribution is -0.140. The summed E-state index contributed by atoms with van der Waals surface area (Å²) >= 11 is 0. The standard InChI is InChI=1S/C26H28N2O5/c1-5-22(26(2,3)4)28-24(31)21(14-23(29)30)27-25(32)33-15-20-18-12-8-6-10-16(18)17-11-7-9-13-19(17)20/h1,6-13,20-22H,14-15H2,2-4H3,(H,27,32)(H,28,31)(H,29,30). The number of benzene rings is 2. The number of amides is 2. The molecule has 0 spiro atoms. The van der Waals surface area contributed by atoms with E-state index in [2.05, 4.69) is 16.6 Å². The number of terminal acetylenes is 1. The molecule has 0 saturated carbocycles. The number of hydrogen-bond acceptors (Lipinski definition) is 4. The summed E-state index contributed by atoms with van der Waals surface area (Å²) in [5, 5.41) is 14.2. The van der Waals surface area contributed by atoms with Crippen molar-refractivity contribution < 1.29 is 24.2 Å². The molecule has 0 saturated heterocycles. The van der Waals surface area contributed by atoms with Crippen LogP contribution in [0.2, 0.25) is 0 Å². The van der Waals surface area contributed by atoms with Gasteiger partial charge in [-0.1, -0.05) is 75.2 Å². The van der Waals surface area contributed by atoms with Gasteiger partial charge in [-0.15, -0.1) is 6.42 Å². The molecule has 0 radical (unpaired) electrons. The van der Waals surface area contributed by atoms with Crippen molar-refractivity contribution in [3.8, 4) is 23.5 Å². The van der Waals surface area contributed by atoms with E-state index in [1.54, 1.807) is 0 Å². The fourth-order valence-electron chi connectivity index (χ4n) is 3.92. The molecule has 2 aromatic carbocycles. The topological polar surface area (TPSA) is 105 Å². The molecule has 3 N–H and O–H groups in total. The summed E-state index contributed by atoms with van der Waals surface area (Å²) in [6, 6.07) is 13.9. The molecule has 7 nitrogen and oxygen atoms in total. The van der Waals surface area contributed by atoms with Crippen LogP contribution >= 0.6 is 0 Å². The molecule has 2 atom stereocenters. The average Bonchev–Trinajstić information content (AvgIpc) is 3.08. The average molecular weight is 449 g/mol. The summed E-state index contributed by atoms with van der Waals surface area (Å²) in [5.41, 5.74) is 3.84. The highest BCUT2D eigenvalue weighted by Gasteiger charge is 2.32. The third-order valence-electron chi connectivity index (χ3n) is 5.65. The number of rotatable bonds is 7. The maximum atomic E-state index is 12.7. The lowest BCUT2D eigenvalue weighted by atomic mass is 9.87. The molecule has 2 amide bonds. The molecule has 0 fully saturated rings. The molecule has 1 aliphatic carbocycles. The minimum atomic E-state index is -1.32. The number of carboxylic acids is 1. The normalized spacial score (nSPS) is 14.2. The number of carbonyl (C=O) groups excluding carboxylic acids is 2. The first-order valence-corrected chi connectivity index (χ1v) is 10.7. The van der Waals surface area contributed by atoms with Gasteiger partial charge in [-0.2, -0.15) is 0 Å². The van der Waals surface area contributed by atoms with E-state index in [1.807, 2.05) is 69.3 Å². The van der Waals surface area contributed by atoms with E-state index in [1.165, 1.54) is 0 Å². The van der Waals surface area contributed by atoms with E-state index < -0.39 is 41.9 Å². The summed E-state index contributed by atoms with van der Waals surface area (Å²) in [5.74, 6) is 0.430. The minimum Gasteiger partial charge on any atom is -0.481 e. The van der Waals surface area contributed by atoms with Gasteiger partial charge in [0.15, 0.2) is 0 Å². The predicted octanol–water partition coefficient (Wildman–Crippen LogP) is 3.53. The molecule has 7 heteroatoms. The lowest BCUT2D eigenvalue weighted by Gasteiger charge is -2.28. The number of ether oxygens (including phenoxy) is 1. The van der Waals surface area contributed by atoms with E-state index in [0.29, 0.717) is 0 Å². The SMILES string of the molecule is C#CC(NC(=O)C(CC(=O)O)NC(=O)OCC1c2ccccc2-c2ccccc21)C(C)(C)C. The number of alkyl carbamates (subject to hydrolysis) is 1. The van der Waals surface area contributed by atoms with Crippen LogP contribution in [0.3, 0.4) is 0 Å². The third-order valence-corrected chi connectivity index (χ3v) is 5.65. The molecule has 0 aliphatic heterocycles. The van der Waals surface area contributed by atoms with Crippen molar-refractivity contribution in [3.05, 3.63) is 59.7 Å². The van der Waals surface area contributed by atoms with Crippen LogP contribution in [-0.4, -0.2) is 41.8 Å². The van der Waals surface area contributed by atoms with Crippen molar-refractivity contribution in [2.75, 3.05) is 6.61 Å². The van der Waals surface area contributed by atoms with Gasteiger partial charge in [-0.25, -0.2) is 4.79 Å². The molecule has 33 heavy (non-hydrogen) atoms. The largest absolute Gasteiger partial charge is 0.481 e. The second-order valence-electron chi connectivity index (χ2n) is 9.09. The molecule has 0 aromatic heterocycles. The summed E-state index contributed by atoms with van der Waals surface area (Å²) in [7, 11) is 0. The first-order valence-electron chi connectivity index (χ1n) is 10.7. The van der Waals surface area contributed by atoms with Crippen molar-refractivity contribution in [3.63, 3.8) is 0 Å². The Morgan fingerprint density at radius 3 is 2.06 bits per heavy atom. The number of nitrogens with one attached hydrogen (secondary N) is 2. The van der Waals surface area contributed by atoms with Crippen LogP contribution in [0.5, 0.6) is 0 Å². The monoisotopic (exact) mass is 448 g/mol. The van der Waals surface area contributed by atoms with Crippen LogP contribution in [-0.2, 0) is 14.3 Å². The maximum Gasteiger partial charge on any atom is 0.407 e. The Bertz CT molecular complexity index is 1050. The smallest absolute Gasteiger partial charge is 0.407 e. The summed E-state index contributed by atoms with van der Waals surface area (Å²) in [6.07, 6.45) is 4.04. The number of carbonyl (C=O) groups is 3. The van der Waals surface area contributed by atoms with Crippen molar-refractivity contribution in [2.24, 2.45) is 5.41 Å². The zero-order valence-corrected chi connectivity index (χ0v) is 18.9. The Morgan fingerprint density at radius 1 is 1.03 bits per heavy atom. The zero-order chi connectivity index (χ0) is 24.2. The molecule has 172 valence electrons. The van der Waals surface area contributed by atoms with Crippen molar-refractivity contribution in [1.29, 1.82) is 0 Å². The second kappa shape index (κ2) is 9.78. The molecular weight excluding hydrogens is 420 g/mol. The molecular formula is C26H28N2O5. The van der Waals surface area contributed by atoms with Crippen molar-refractivity contribution in [2.45, 2.75) is 45.2 Å².